The highest BCUT2D eigenvalue weighted by Gasteiger charge is 2.57. The Labute approximate surface area is 259 Å². The van der Waals surface area contributed by atoms with Crippen molar-refractivity contribution in [1.29, 1.82) is 0 Å². The molecule has 238 valence electrons. The van der Waals surface area contributed by atoms with Crippen molar-refractivity contribution in [3.63, 3.8) is 0 Å². The average molecular weight is 594 g/mol. The van der Waals surface area contributed by atoms with Crippen molar-refractivity contribution >= 4 is 5.97 Å². The normalized spacial score (nSPS) is 33.4. The first-order chi connectivity index (χ1) is 20.6. The molecule has 4 fully saturated rings. The van der Waals surface area contributed by atoms with Crippen LogP contribution in [-0.4, -0.2) is 39.5 Å². The Morgan fingerprint density at radius 2 is 2.00 bits per heavy atom. The first-order valence-electron chi connectivity index (χ1n) is 17.2. The number of fused-ring (bicyclic) bond motifs is 1. The summed E-state index contributed by atoms with van der Waals surface area (Å²) >= 11 is 0. The van der Waals surface area contributed by atoms with Crippen LogP contribution in [0.4, 0.5) is 0 Å². The van der Waals surface area contributed by atoms with Gasteiger partial charge in [-0.3, -0.25) is 4.79 Å². The van der Waals surface area contributed by atoms with Crippen molar-refractivity contribution in [2.45, 2.75) is 148 Å². The molecule has 0 saturated heterocycles. The molecule has 0 amide bonds. The molecule has 1 aromatic heterocycles. The fourth-order valence-electron chi connectivity index (χ4n) is 8.80. The number of ether oxygens (including phenoxy) is 1. The number of aliphatic hydroxyl groups is 2. The molecule has 0 aromatic carbocycles. The molecule has 43 heavy (non-hydrogen) atoms. The summed E-state index contributed by atoms with van der Waals surface area (Å²) in [7, 11) is 0. The van der Waals surface area contributed by atoms with Gasteiger partial charge in [-0.25, -0.2) is 4.98 Å². The maximum atomic E-state index is 12.6. The van der Waals surface area contributed by atoms with Crippen molar-refractivity contribution in [3.8, 4) is 0 Å². The van der Waals surface area contributed by atoms with Gasteiger partial charge in [0, 0.05) is 19.3 Å². The van der Waals surface area contributed by atoms with Gasteiger partial charge >= 0.3 is 5.97 Å². The number of aryl methyl sites for hydroxylation is 1. The maximum absolute atomic E-state index is 12.6. The lowest BCUT2D eigenvalue weighted by Gasteiger charge is -2.44. The smallest absolute Gasteiger partial charge is 0.305 e. The van der Waals surface area contributed by atoms with Gasteiger partial charge in [-0.15, -0.1) is 0 Å². The third-order valence-electron chi connectivity index (χ3n) is 11.6. The number of allylic oxidation sites excluding steroid dienone is 3. The van der Waals surface area contributed by atoms with Crippen LogP contribution < -0.4 is 0 Å². The Morgan fingerprint density at radius 3 is 2.72 bits per heavy atom. The first kappa shape index (κ1) is 32.2. The van der Waals surface area contributed by atoms with Gasteiger partial charge in [0.1, 0.15) is 11.9 Å². The standard InChI is InChI=1S/C37H55NO5/c1-6-8-11-29-23-38-35(42-29)37(19-20-37)33(43-34(41)7-2)17-12-24(3)30-15-16-31-26(10-9-18-36(30,31)5)13-14-27-21-28(39)22-32(40)25(27)4/h13-14,23-24,28,30-33,39-40H,4,6-12,15-22H2,1-3,5H3/b26-13+,27-14-/t24-,28-,30-,31+,32+,33-,36-/m1/s1. The highest BCUT2D eigenvalue weighted by molar-refractivity contribution is 5.69. The molecule has 0 bridgehead atoms. The Balaban J connectivity index is 1.27. The molecule has 0 unspecified atom stereocenters. The molecule has 7 atom stereocenters. The van der Waals surface area contributed by atoms with Gasteiger partial charge in [0.05, 0.1) is 23.8 Å². The molecule has 1 heterocycles. The zero-order chi connectivity index (χ0) is 30.8. The van der Waals surface area contributed by atoms with Gasteiger partial charge in [0.15, 0.2) is 0 Å². The summed E-state index contributed by atoms with van der Waals surface area (Å²) in [5.41, 5.74) is 3.25. The van der Waals surface area contributed by atoms with Gasteiger partial charge in [0.25, 0.3) is 0 Å². The predicted molar refractivity (Wildman–Crippen MR) is 169 cm³/mol. The molecule has 4 aliphatic rings. The lowest BCUT2D eigenvalue weighted by Crippen LogP contribution is -2.37. The molecule has 0 radical (unpaired) electrons. The molecular formula is C37H55NO5. The second kappa shape index (κ2) is 13.4. The fourth-order valence-corrected chi connectivity index (χ4v) is 8.80. The molecule has 5 rings (SSSR count). The van der Waals surface area contributed by atoms with E-state index in [-0.39, 0.29) is 22.9 Å². The molecule has 6 heteroatoms. The van der Waals surface area contributed by atoms with Crippen molar-refractivity contribution in [1.82, 2.24) is 4.98 Å². The minimum absolute atomic E-state index is 0.133. The topological polar surface area (TPSA) is 92.8 Å². The van der Waals surface area contributed by atoms with Crippen molar-refractivity contribution in [2.75, 3.05) is 0 Å². The van der Waals surface area contributed by atoms with Crippen LogP contribution in [0.15, 0.2) is 46.1 Å². The second-order valence-corrected chi connectivity index (χ2v) is 14.4. The van der Waals surface area contributed by atoms with E-state index in [2.05, 4.69) is 39.5 Å². The van der Waals surface area contributed by atoms with Crippen LogP contribution in [0.1, 0.15) is 129 Å². The van der Waals surface area contributed by atoms with Crippen LogP contribution in [0.5, 0.6) is 0 Å². The molecule has 1 aromatic rings. The van der Waals surface area contributed by atoms with Gasteiger partial charge in [-0.2, -0.15) is 0 Å². The van der Waals surface area contributed by atoms with Crippen LogP contribution in [0.3, 0.4) is 0 Å². The zero-order valence-corrected chi connectivity index (χ0v) is 27.1. The summed E-state index contributed by atoms with van der Waals surface area (Å²) < 4.78 is 12.4. The number of rotatable bonds is 12. The van der Waals surface area contributed by atoms with E-state index in [1.807, 2.05) is 13.1 Å². The quantitative estimate of drug-likeness (QED) is 0.239. The minimum atomic E-state index is -0.649. The van der Waals surface area contributed by atoms with Gasteiger partial charge < -0.3 is 19.4 Å². The van der Waals surface area contributed by atoms with Crippen molar-refractivity contribution < 1.29 is 24.2 Å². The van der Waals surface area contributed by atoms with E-state index in [4.69, 9.17) is 14.1 Å². The van der Waals surface area contributed by atoms with E-state index in [0.717, 1.165) is 74.2 Å². The highest BCUT2D eigenvalue weighted by atomic mass is 16.5. The van der Waals surface area contributed by atoms with Gasteiger partial charge in [-0.1, -0.05) is 58.4 Å². The number of esters is 1. The molecule has 2 N–H and O–H groups in total. The summed E-state index contributed by atoms with van der Waals surface area (Å²) in [5, 5.41) is 20.5. The van der Waals surface area contributed by atoms with E-state index in [1.54, 1.807) is 0 Å². The minimum Gasteiger partial charge on any atom is -0.461 e. The number of carbonyl (C=O) groups is 1. The lowest BCUT2D eigenvalue weighted by molar-refractivity contribution is -0.151. The molecule has 0 spiro atoms. The molecule has 4 saturated carbocycles. The zero-order valence-electron chi connectivity index (χ0n) is 27.1. The number of carbonyl (C=O) groups excluding carboxylic acids is 1. The molecular weight excluding hydrogens is 538 g/mol. The Bertz CT molecular complexity index is 1210. The number of aliphatic hydroxyl groups excluding tert-OH is 2. The van der Waals surface area contributed by atoms with Crippen LogP contribution >= 0.6 is 0 Å². The van der Waals surface area contributed by atoms with Gasteiger partial charge in [-0.05, 0) is 105 Å². The lowest BCUT2D eigenvalue weighted by atomic mass is 9.60. The fraction of sp³-hybridized carbons (Fsp3) is 0.730. The van der Waals surface area contributed by atoms with E-state index in [1.165, 1.54) is 31.3 Å². The molecule has 4 aliphatic carbocycles. The van der Waals surface area contributed by atoms with Crippen LogP contribution in [0.25, 0.3) is 0 Å². The summed E-state index contributed by atoms with van der Waals surface area (Å²) in [4.78, 5) is 17.3. The monoisotopic (exact) mass is 593 g/mol. The van der Waals surface area contributed by atoms with Crippen molar-refractivity contribution in [2.24, 2.45) is 23.2 Å². The number of hydrogen-bond donors (Lipinski definition) is 2. The van der Waals surface area contributed by atoms with Crippen LogP contribution in [0.2, 0.25) is 0 Å². The van der Waals surface area contributed by atoms with Crippen LogP contribution in [-0.2, 0) is 21.4 Å². The Hall–Kier alpha value is -2.18. The molecule has 6 nitrogen and oxygen atoms in total. The highest BCUT2D eigenvalue weighted by Crippen LogP contribution is 2.60. The largest absolute Gasteiger partial charge is 0.461 e. The number of unbranched alkanes of at least 4 members (excludes halogenated alkanes) is 1. The van der Waals surface area contributed by atoms with E-state index in [0.29, 0.717) is 37.0 Å². The number of aromatic nitrogens is 1. The summed E-state index contributed by atoms with van der Waals surface area (Å²) in [6, 6.07) is 0. The van der Waals surface area contributed by atoms with Crippen molar-refractivity contribution in [3.05, 3.63) is 53.3 Å². The SMILES string of the molecule is C=C1/C(=C\C=C2/CCC[C@]3(C)[C@@H]([C@H](C)CC[C@@H](OC(=O)CC)C4(c5ncc(CCCC)o5)CC4)CC[C@@H]23)C[C@@H](O)C[C@@H]1O. The summed E-state index contributed by atoms with van der Waals surface area (Å²) in [5.74, 6) is 3.30. The Kier molecular flexibility index (Phi) is 10.1. The summed E-state index contributed by atoms with van der Waals surface area (Å²) in [6.45, 7) is 13.1. The predicted octanol–water partition coefficient (Wildman–Crippen LogP) is 7.93. The van der Waals surface area contributed by atoms with E-state index < -0.39 is 12.2 Å². The number of oxazole rings is 1. The number of hydrogen-bond acceptors (Lipinski definition) is 6. The third kappa shape index (κ3) is 6.76. The third-order valence-corrected chi connectivity index (χ3v) is 11.6. The van der Waals surface area contributed by atoms with E-state index in [9.17, 15) is 15.0 Å². The number of nitrogens with zero attached hydrogens (tertiary/aromatic N) is 1. The van der Waals surface area contributed by atoms with Crippen LogP contribution in [0, 0.1) is 23.2 Å². The van der Waals surface area contributed by atoms with Gasteiger partial charge in [0.2, 0.25) is 5.89 Å². The summed E-state index contributed by atoms with van der Waals surface area (Å²) in [6.07, 6.45) is 19.2. The average Bonchev–Trinajstić information content (AvgIpc) is 3.50. The molecule has 0 aliphatic heterocycles. The Morgan fingerprint density at radius 1 is 1.21 bits per heavy atom. The second-order valence-electron chi connectivity index (χ2n) is 14.4. The maximum Gasteiger partial charge on any atom is 0.305 e. The first-order valence-corrected chi connectivity index (χ1v) is 17.2. The van der Waals surface area contributed by atoms with E-state index >= 15 is 0 Å².